The average Bonchev–Trinajstić information content (AvgIpc) is 2.60. The molecular weight excluding hydrogens is 302 g/mol. The van der Waals surface area contributed by atoms with Crippen LogP contribution in [0, 0.1) is 11.3 Å². The highest BCUT2D eigenvalue weighted by Gasteiger charge is 2.24. The van der Waals surface area contributed by atoms with Gasteiger partial charge in [-0.05, 0) is 56.7 Å². The van der Waals surface area contributed by atoms with Crippen LogP contribution in [-0.4, -0.2) is 27.9 Å². The summed E-state index contributed by atoms with van der Waals surface area (Å²) in [6, 6.07) is 12.6. The second-order valence-corrected chi connectivity index (χ2v) is 5.82. The third-order valence-corrected chi connectivity index (χ3v) is 3.63. The normalized spacial score (nSPS) is 11.6. The molecule has 1 amide bonds. The first-order valence-corrected chi connectivity index (χ1v) is 7.87. The number of pyridine rings is 1. The summed E-state index contributed by atoms with van der Waals surface area (Å²) >= 11 is 0. The minimum Gasteiger partial charge on any atom is -0.481 e. The van der Waals surface area contributed by atoms with Crippen molar-refractivity contribution in [3.05, 3.63) is 59.9 Å². The minimum absolute atomic E-state index is 0.0460. The van der Waals surface area contributed by atoms with Crippen LogP contribution in [-0.2, 0) is 11.3 Å². The molecule has 1 aromatic carbocycles. The van der Waals surface area contributed by atoms with Gasteiger partial charge in [-0.2, -0.15) is 5.26 Å². The highest BCUT2D eigenvalue weighted by atomic mass is 16.5. The molecule has 2 rings (SSSR count). The fraction of sp³-hybridized carbons (Fsp3) is 0.316. The Kier molecular flexibility index (Phi) is 5.91. The Morgan fingerprint density at radius 1 is 1.25 bits per heavy atom. The lowest BCUT2D eigenvalue weighted by Gasteiger charge is -2.29. The Labute approximate surface area is 142 Å². The molecule has 124 valence electrons. The third kappa shape index (κ3) is 4.56. The second kappa shape index (κ2) is 8.11. The van der Waals surface area contributed by atoms with E-state index in [1.807, 2.05) is 26.0 Å². The van der Waals surface area contributed by atoms with Crippen LogP contribution in [0.5, 0.6) is 5.75 Å². The number of aromatic nitrogens is 1. The van der Waals surface area contributed by atoms with Gasteiger partial charge in [0.05, 0.1) is 11.6 Å². The number of carbonyl (C=O) groups excluding carboxylic acids is 1. The summed E-state index contributed by atoms with van der Waals surface area (Å²) in [7, 11) is 0. The van der Waals surface area contributed by atoms with Gasteiger partial charge < -0.3 is 9.64 Å². The summed E-state index contributed by atoms with van der Waals surface area (Å²) in [5, 5.41) is 8.82. The van der Waals surface area contributed by atoms with E-state index >= 15 is 0 Å². The molecule has 1 heterocycles. The number of hydrogen-bond acceptors (Lipinski definition) is 4. The molecule has 0 fully saturated rings. The van der Waals surface area contributed by atoms with Crippen LogP contribution in [0.25, 0.3) is 0 Å². The van der Waals surface area contributed by atoms with Crippen molar-refractivity contribution < 1.29 is 9.53 Å². The highest BCUT2D eigenvalue weighted by molar-refractivity contribution is 5.81. The first-order chi connectivity index (χ1) is 11.5. The third-order valence-electron chi connectivity index (χ3n) is 3.63. The number of carbonyl (C=O) groups is 1. The predicted octanol–water partition coefficient (Wildman–Crippen LogP) is 3.16. The van der Waals surface area contributed by atoms with Crippen LogP contribution in [0.15, 0.2) is 48.8 Å². The largest absolute Gasteiger partial charge is 0.481 e. The molecule has 0 spiro atoms. The van der Waals surface area contributed by atoms with E-state index in [0.717, 1.165) is 5.56 Å². The molecule has 0 saturated carbocycles. The Bertz CT molecular complexity index is 706. The van der Waals surface area contributed by atoms with Crippen LogP contribution < -0.4 is 4.74 Å². The smallest absolute Gasteiger partial charge is 0.263 e. The van der Waals surface area contributed by atoms with Crippen molar-refractivity contribution in [3.8, 4) is 11.8 Å². The fourth-order valence-electron chi connectivity index (χ4n) is 2.30. The van der Waals surface area contributed by atoms with Gasteiger partial charge in [0.15, 0.2) is 6.10 Å². The maximum Gasteiger partial charge on any atom is 0.263 e. The first-order valence-electron chi connectivity index (χ1n) is 7.87. The van der Waals surface area contributed by atoms with E-state index in [1.165, 1.54) is 0 Å². The van der Waals surface area contributed by atoms with Crippen molar-refractivity contribution in [3.63, 3.8) is 0 Å². The lowest BCUT2D eigenvalue weighted by Crippen LogP contribution is -2.43. The number of nitrogens with zero attached hydrogens (tertiary/aromatic N) is 3. The molecule has 0 saturated heterocycles. The van der Waals surface area contributed by atoms with Gasteiger partial charge in [0.25, 0.3) is 5.91 Å². The van der Waals surface area contributed by atoms with Crippen LogP contribution in [0.2, 0.25) is 0 Å². The molecular formula is C19H21N3O2. The van der Waals surface area contributed by atoms with Crippen molar-refractivity contribution in [2.75, 3.05) is 0 Å². The van der Waals surface area contributed by atoms with Gasteiger partial charge in [-0.1, -0.05) is 6.07 Å². The van der Waals surface area contributed by atoms with Crippen molar-refractivity contribution >= 4 is 5.91 Å². The van der Waals surface area contributed by atoms with Crippen LogP contribution in [0.1, 0.15) is 31.9 Å². The molecule has 0 bridgehead atoms. The van der Waals surface area contributed by atoms with E-state index < -0.39 is 6.10 Å². The van der Waals surface area contributed by atoms with Gasteiger partial charge in [-0.15, -0.1) is 0 Å². The molecule has 0 unspecified atom stereocenters. The summed E-state index contributed by atoms with van der Waals surface area (Å²) in [6.07, 6.45) is 2.85. The first kappa shape index (κ1) is 17.5. The molecule has 0 N–H and O–H groups in total. The van der Waals surface area contributed by atoms with Crippen molar-refractivity contribution in [2.45, 2.75) is 39.5 Å². The van der Waals surface area contributed by atoms with E-state index in [2.05, 4.69) is 11.1 Å². The van der Waals surface area contributed by atoms with Gasteiger partial charge in [0, 0.05) is 25.0 Å². The van der Waals surface area contributed by atoms with Crippen LogP contribution >= 0.6 is 0 Å². The summed E-state index contributed by atoms with van der Waals surface area (Å²) in [6.45, 7) is 6.18. The van der Waals surface area contributed by atoms with Gasteiger partial charge in [0.2, 0.25) is 0 Å². The SMILES string of the molecule is CC(C)N(Cc1cccnc1)C(=O)[C@H](C)Oc1ccc(C#N)cc1. The zero-order valence-electron chi connectivity index (χ0n) is 14.1. The van der Waals surface area contributed by atoms with Crippen LogP contribution in [0.3, 0.4) is 0 Å². The number of amides is 1. The number of nitriles is 1. The predicted molar refractivity (Wildman–Crippen MR) is 91.2 cm³/mol. The molecule has 1 atom stereocenters. The van der Waals surface area contributed by atoms with Crippen LogP contribution in [0.4, 0.5) is 0 Å². The molecule has 1 aromatic heterocycles. The van der Waals surface area contributed by atoms with E-state index in [0.29, 0.717) is 17.9 Å². The maximum atomic E-state index is 12.7. The zero-order chi connectivity index (χ0) is 17.5. The molecule has 24 heavy (non-hydrogen) atoms. The second-order valence-electron chi connectivity index (χ2n) is 5.82. The topological polar surface area (TPSA) is 66.2 Å². The van der Waals surface area contributed by atoms with E-state index in [4.69, 9.17) is 10.00 Å². The molecule has 0 radical (unpaired) electrons. The Hall–Kier alpha value is -2.87. The van der Waals surface area contributed by atoms with Crippen molar-refractivity contribution in [2.24, 2.45) is 0 Å². The highest BCUT2D eigenvalue weighted by Crippen LogP contribution is 2.16. The van der Waals surface area contributed by atoms with Gasteiger partial charge in [0.1, 0.15) is 5.75 Å². The molecule has 2 aromatic rings. The monoisotopic (exact) mass is 323 g/mol. The summed E-state index contributed by atoms with van der Waals surface area (Å²) in [5.41, 5.74) is 1.53. The van der Waals surface area contributed by atoms with Gasteiger partial charge >= 0.3 is 0 Å². The summed E-state index contributed by atoms with van der Waals surface area (Å²) in [4.78, 5) is 18.6. The van der Waals surface area contributed by atoms with Gasteiger partial charge in [-0.3, -0.25) is 9.78 Å². The standard InChI is InChI=1S/C19H21N3O2/c1-14(2)22(13-17-5-4-10-21-12-17)19(23)15(3)24-18-8-6-16(11-20)7-9-18/h4-10,12,14-15H,13H2,1-3H3/t15-/m0/s1. The van der Waals surface area contributed by atoms with E-state index in [1.54, 1.807) is 48.5 Å². The number of benzene rings is 1. The van der Waals surface area contributed by atoms with Crippen molar-refractivity contribution in [1.82, 2.24) is 9.88 Å². The lowest BCUT2D eigenvalue weighted by molar-refractivity contribution is -0.140. The average molecular weight is 323 g/mol. The molecule has 5 heteroatoms. The summed E-state index contributed by atoms with van der Waals surface area (Å²) < 4.78 is 5.73. The van der Waals surface area contributed by atoms with Crippen molar-refractivity contribution in [1.29, 1.82) is 5.26 Å². The minimum atomic E-state index is -0.614. The zero-order valence-corrected chi connectivity index (χ0v) is 14.1. The molecule has 0 aliphatic heterocycles. The number of hydrogen-bond donors (Lipinski definition) is 0. The van der Waals surface area contributed by atoms with E-state index in [9.17, 15) is 4.79 Å². The molecule has 0 aliphatic carbocycles. The number of rotatable bonds is 6. The molecule has 5 nitrogen and oxygen atoms in total. The van der Waals surface area contributed by atoms with E-state index in [-0.39, 0.29) is 11.9 Å². The fourth-order valence-corrected chi connectivity index (χ4v) is 2.30. The Morgan fingerprint density at radius 2 is 1.96 bits per heavy atom. The quantitative estimate of drug-likeness (QED) is 0.819. The Balaban J connectivity index is 2.06. The lowest BCUT2D eigenvalue weighted by atomic mass is 10.2. The summed E-state index contributed by atoms with van der Waals surface area (Å²) in [5.74, 6) is 0.484. The maximum absolute atomic E-state index is 12.7. The molecule has 0 aliphatic rings. The van der Waals surface area contributed by atoms with Gasteiger partial charge in [-0.25, -0.2) is 0 Å². The Morgan fingerprint density at radius 3 is 2.50 bits per heavy atom. The number of ether oxygens (including phenoxy) is 1.